The highest BCUT2D eigenvalue weighted by Gasteiger charge is 2.21. The molecule has 0 fully saturated rings. The Labute approximate surface area is 207 Å². The summed E-state index contributed by atoms with van der Waals surface area (Å²) in [5, 5.41) is 12.3. The summed E-state index contributed by atoms with van der Waals surface area (Å²) in [5.74, 6) is -0.588. The van der Waals surface area contributed by atoms with Crippen molar-refractivity contribution in [3.63, 3.8) is 0 Å². The van der Waals surface area contributed by atoms with E-state index in [0.29, 0.717) is 28.3 Å². The lowest BCUT2D eigenvalue weighted by Gasteiger charge is -2.11. The van der Waals surface area contributed by atoms with Gasteiger partial charge in [0, 0.05) is 17.3 Å². The summed E-state index contributed by atoms with van der Waals surface area (Å²) in [5.41, 5.74) is 2.09. The number of nitrogens with zero attached hydrogens (tertiary/aromatic N) is 2. The minimum absolute atomic E-state index is 0.000480. The van der Waals surface area contributed by atoms with E-state index >= 15 is 0 Å². The number of amides is 1. The minimum Gasteiger partial charge on any atom is -0.497 e. The Morgan fingerprint density at radius 1 is 0.944 bits per heavy atom. The average Bonchev–Trinajstić information content (AvgIpc) is 3.34. The number of nitrogens with one attached hydrogen (secondary N) is 1. The summed E-state index contributed by atoms with van der Waals surface area (Å²) in [6.07, 6.45) is 0. The van der Waals surface area contributed by atoms with E-state index in [1.165, 1.54) is 31.0 Å². The van der Waals surface area contributed by atoms with Crippen LogP contribution in [0.15, 0.2) is 83.8 Å². The smallest absolute Gasteiger partial charge is 0.358 e. The summed E-state index contributed by atoms with van der Waals surface area (Å²) >= 11 is 0. The molecule has 0 saturated carbocycles. The van der Waals surface area contributed by atoms with Crippen LogP contribution in [0, 0.1) is 0 Å². The topological polar surface area (TPSA) is 143 Å². The summed E-state index contributed by atoms with van der Waals surface area (Å²) in [7, 11) is -1.15. The molecule has 0 aliphatic heterocycles. The van der Waals surface area contributed by atoms with E-state index in [-0.39, 0.29) is 16.3 Å². The predicted octanol–water partition coefficient (Wildman–Crippen LogP) is 3.23. The minimum atomic E-state index is -3.91. The highest BCUT2D eigenvalue weighted by atomic mass is 32.2. The van der Waals surface area contributed by atoms with Gasteiger partial charge < -0.3 is 14.8 Å². The zero-order chi connectivity index (χ0) is 25.9. The Hall–Kier alpha value is -4.48. The monoisotopic (exact) mass is 506 g/mol. The molecule has 36 heavy (non-hydrogen) atoms. The third-order valence-electron chi connectivity index (χ3n) is 5.30. The van der Waals surface area contributed by atoms with Crippen LogP contribution in [0.5, 0.6) is 5.75 Å². The van der Waals surface area contributed by atoms with Crippen LogP contribution in [-0.2, 0) is 14.8 Å². The number of sulfonamides is 1. The van der Waals surface area contributed by atoms with Crippen LogP contribution in [0.4, 0.5) is 5.69 Å². The van der Waals surface area contributed by atoms with Gasteiger partial charge >= 0.3 is 5.97 Å². The van der Waals surface area contributed by atoms with Crippen molar-refractivity contribution in [1.82, 2.24) is 9.78 Å². The van der Waals surface area contributed by atoms with Gasteiger partial charge in [-0.2, -0.15) is 5.10 Å². The maximum atomic E-state index is 13.2. The molecule has 1 amide bonds. The van der Waals surface area contributed by atoms with Crippen LogP contribution in [0.3, 0.4) is 0 Å². The van der Waals surface area contributed by atoms with Crippen LogP contribution in [-0.4, -0.2) is 44.3 Å². The Bertz CT molecular complexity index is 1530. The third kappa shape index (κ3) is 5.11. The highest BCUT2D eigenvalue weighted by molar-refractivity contribution is 7.89. The fourth-order valence-electron chi connectivity index (χ4n) is 3.55. The van der Waals surface area contributed by atoms with E-state index in [2.05, 4.69) is 10.4 Å². The van der Waals surface area contributed by atoms with Gasteiger partial charge in [-0.15, -0.1) is 0 Å². The molecule has 0 aliphatic carbocycles. The van der Waals surface area contributed by atoms with E-state index < -0.39 is 21.9 Å². The van der Waals surface area contributed by atoms with Crippen molar-refractivity contribution in [3.05, 3.63) is 90.3 Å². The summed E-state index contributed by atoms with van der Waals surface area (Å²) in [6.45, 7) is 0. The molecule has 184 valence electrons. The first-order chi connectivity index (χ1) is 17.2. The number of anilines is 1. The number of carbonyl (C=O) groups is 2. The number of primary sulfonamides is 1. The number of hydrogen-bond donors (Lipinski definition) is 2. The van der Waals surface area contributed by atoms with Gasteiger partial charge in [-0.3, -0.25) is 4.79 Å². The summed E-state index contributed by atoms with van der Waals surface area (Å²) in [4.78, 5) is 25.2. The Kier molecular flexibility index (Phi) is 6.86. The zero-order valence-electron chi connectivity index (χ0n) is 19.3. The number of carbonyl (C=O) groups excluding carboxylic acids is 2. The van der Waals surface area contributed by atoms with E-state index in [0.717, 1.165) is 0 Å². The van der Waals surface area contributed by atoms with Crippen LogP contribution in [0.25, 0.3) is 16.8 Å². The normalized spacial score (nSPS) is 11.1. The predicted molar refractivity (Wildman–Crippen MR) is 133 cm³/mol. The highest BCUT2D eigenvalue weighted by Crippen LogP contribution is 2.28. The number of esters is 1. The van der Waals surface area contributed by atoms with Crippen molar-refractivity contribution >= 4 is 27.6 Å². The van der Waals surface area contributed by atoms with Gasteiger partial charge in [0.2, 0.25) is 10.0 Å². The number of benzene rings is 3. The van der Waals surface area contributed by atoms with Crippen molar-refractivity contribution in [2.45, 2.75) is 4.90 Å². The molecule has 0 spiro atoms. The van der Waals surface area contributed by atoms with E-state index in [4.69, 9.17) is 14.6 Å². The van der Waals surface area contributed by atoms with E-state index in [1.54, 1.807) is 66.7 Å². The maximum absolute atomic E-state index is 13.2. The number of aromatic nitrogens is 2. The van der Waals surface area contributed by atoms with Crippen LogP contribution >= 0.6 is 0 Å². The van der Waals surface area contributed by atoms with Crippen molar-refractivity contribution in [1.29, 1.82) is 0 Å². The lowest BCUT2D eigenvalue weighted by atomic mass is 10.1. The molecule has 0 radical (unpaired) electrons. The number of methoxy groups -OCH3 is 2. The molecular weight excluding hydrogens is 484 g/mol. The van der Waals surface area contributed by atoms with Gasteiger partial charge in [0.05, 0.1) is 24.8 Å². The lowest BCUT2D eigenvalue weighted by Crippen LogP contribution is -2.17. The van der Waals surface area contributed by atoms with Gasteiger partial charge in [-0.05, 0) is 48.0 Å². The molecule has 0 bridgehead atoms. The second-order valence-corrected chi connectivity index (χ2v) is 9.12. The fourth-order valence-corrected chi connectivity index (χ4v) is 4.31. The molecule has 4 rings (SSSR count). The van der Waals surface area contributed by atoms with Crippen molar-refractivity contribution in [3.8, 4) is 22.6 Å². The first-order valence-corrected chi connectivity index (χ1v) is 12.1. The summed E-state index contributed by atoms with van der Waals surface area (Å²) < 4.78 is 35.1. The molecule has 3 aromatic carbocycles. The largest absolute Gasteiger partial charge is 0.497 e. The molecule has 11 heteroatoms. The molecule has 0 aliphatic rings. The Morgan fingerprint density at radius 3 is 2.22 bits per heavy atom. The van der Waals surface area contributed by atoms with Gasteiger partial charge in [0.15, 0.2) is 5.69 Å². The van der Waals surface area contributed by atoms with Crippen molar-refractivity contribution < 1.29 is 27.5 Å². The molecule has 0 saturated heterocycles. The van der Waals surface area contributed by atoms with Gasteiger partial charge in [-0.25, -0.2) is 23.0 Å². The molecule has 1 heterocycles. The van der Waals surface area contributed by atoms with Gasteiger partial charge in [-0.1, -0.05) is 30.3 Å². The van der Waals surface area contributed by atoms with E-state index in [1.807, 2.05) is 0 Å². The quantitative estimate of drug-likeness (QED) is 0.366. The van der Waals surface area contributed by atoms with Crippen LogP contribution in [0.1, 0.15) is 21.0 Å². The standard InChI is InChI=1S/C25H22N4O6S/c1-34-19-13-11-18(12-14-19)29-22(15-21(28-29)25(31)35-2)24(30)27-17-9-7-16(8-10-17)20-5-3-4-6-23(20)36(26,32)33/h3-15H,1-2H3,(H,27,30)(H2,26,32,33). The number of hydrogen-bond acceptors (Lipinski definition) is 7. The second kappa shape index (κ2) is 10.0. The Morgan fingerprint density at radius 2 is 1.61 bits per heavy atom. The number of rotatable bonds is 7. The molecule has 10 nitrogen and oxygen atoms in total. The fraction of sp³-hybridized carbons (Fsp3) is 0.0800. The number of nitrogens with two attached hydrogens (primary N) is 1. The first-order valence-electron chi connectivity index (χ1n) is 10.6. The second-order valence-electron chi connectivity index (χ2n) is 7.59. The van der Waals surface area contributed by atoms with E-state index in [9.17, 15) is 18.0 Å². The molecule has 4 aromatic rings. The lowest BCUT2D eigenvalue weighted by molar-refractivity contribution is 0.0593. The van der Waals surface area contributed by atoms with Crippen molar-refractivity contribution in [2.75, 3.05) is 19.5 Å². The molecule has 3 N–H and O–H groups in total. The third-order valence-corrected chi connectivity index (χ3v) is 6.27. The average molecular weight is 507 g/mol. The zero-order valence-corrected chi connectivity index (χ0v) is 20.2. The molecular formula is C25H22N4O6S. The number of ether oxygens (including phenoxy) is 2. The molecule has 0 atom stereocenters. The molecule has 1 aromatic heterocycles. The van der Waals surface area contributed by atoms with Gasteiger partial charge in [0.1, 0.15) is 11.4 Å². The first kappa shape index (κ1) is 24.6. The van der Waals surface area contributed by atoms with Crippen LogP contribution in [0.2, 0.25) is 0 Å². The Balaban J connectivity index is 1.64. The summed E-state index contributed by atoms with van der Waals surface area (Å²) in [6, 6.07) is 21.1. The maximum Gasteiger partial charge on any atom is 0.358 e. The molecule has 0 unspecified atom stereocenters. The van der Waals surface area contributed by atoms with Crippen molar-refractivity contribution in [2.24, 2.45) is 5.14 Å². The van der Waals surface area contributed by atoms with Gasteiger partial charge in [0.25, 0.3) is 5.91 Å². The SMILES string of the molecule is COC(=O)c1cc(C(=O)Nc2ccc(-c3ccccc3S(N)(=O)=O)cc2)n(-c2ccc(OC)cc2)n1. The van der Waals surface area contributed by atoms with Crippen LogP contribution < -0.4 is 15.2 Å².